The summed E-state index contributed by atoms with van der Waals surface area (Å²) >= 11 is 7.39. The summed E-state index contributed by atoms with van der Waals surface area (Å²) in [7, 11) is 0. The zero-order valence-electron chi connectivity index (χ0n) is 9.51. The van der Waals surface area contributed by atoms with Crippen molar-refractivity contribution in [1.29, 1.82) is 0 Å². The predicted octanol–water partition coefficient (Wildman–Crippen LogP) is 2.05. The largest absolute Gasteiger partial charge is 0.366 e. The van der Waals surface area contributed by atoms with Gasteiger partial charge in [-0.15, -0.1) is 11.3 Å². The summed E-state index contributed by atoms with van der Waals surface area (Å²) in [6, 6.07) is 2.76. The molecule has 2 rings (SSSR count). The van der Waals surface area contributed by atoms with Crippen LogP contribution in [-0.2, 0) is 0 Å². The molecule has 0 aliphatic rings. The lowest BCUT2D eigenvalue weighted by Gasteiger charge is -2.12. The first-order valence-electron chi connectivity index (χ1n) is 5.09. The fraction of sp³-hybridized carbons (Fsp3) is 0. The average Bonchev–Trinajstić information content (AvgIpc) is 2.83. The zero-order valence-corrected chi connectivity index (χ0v) is 11.1. The van der Waals surface area contributed by atoms with Crippen LogP contribution in [0.3, 0.4) is 0 Å². The van der Waals surface area contributed by atoms with E-state index < -0.39 is 11.9 Å². The van der Waals surface area contributed by atoms with Crippen molar-refractivity contribution >= 4 is 40.6 Å². The van der Waals surface area contributed by atoms with Gasteiger partial charge in [0.1, 0.15) is 5.15 Å². The van der Waals surface area contributed by atoms with Crippen LogP contribution >= 0.6 is 22.9 Å². The number of urea groups is 1. The van der Waals surface area contributed by atoms with Crippen molar-refractivity contribution in [2.24, 2.45) is 11.5 Å². The number of amides is 3. The van der Waals surface area contributed by atoms with E-state index in [2.05, 4.69) is 10.3 Å². The average molecular weight is 297 g/mol. The molecule has 5 N–H and O–H groups in total. The minimum absolute atomic E-state index is 0.0845. The molecule has 2 heterocycles. The summed E-state index contributed by atoms with van der Waals surface area (Å²) in [6.45, 7) is 0. The predicted molar refractivity (Wildman–Crippen MR) is 74.3 cm³/mol. The Labute approximate surface area is 117 Å². The van der Waals surface area contributed by atoms with Gasteiger partial charge in [-0.25, -0.2) is 9.78 Å². The van der Waals surface area contributed by atoms with Gasteiger partial charge in [0.05, 0.1) is 17.4 Å². The Morgan fingerprint density at radius 1 is 1.37 bits per heavy atom. The molecule has 3 amide bonds. The first-order valence-corrected chi connectivity index (χ1v) is 6.35. The molecule has 0 atom stereocenters. The van der Waals surface area contributed by atoms with E-state index in [0.717, 1.165) is 4.88 Å². The molecule has 2 aromatic heterocycles. The summed E-state index contributed by atoms with van der Waals surface area (Å²) < 4.78 is 0. The third-order valence-electron chi connectivity index (χ3n) is 2.30. The van der Waals surface area contributed by atoms with Gasteiger partial charge in [-0.05, 0) is 11.4 Å². The Hall–Kier alpha value is -2.12. The van der Waals surface area contributed by atoms with E-state index in [0.29, 0.717) is 5.56 Å². The number of primary amides is 2. The number of thiophene rings is 1. The Kier molecular flexibility index (Phi) is 3.68. The highest BCUT2D eigenvalue weighted by Crippen LogP contribution is 2.36. The molecule has 0 radical (unpaired) electrons. The van der Waals surface area contributed by atoms with Crippen molar-refractivity contribution in [2.45, 2.75) is 0 Å². The number of anilines is 1. The molecule has 2 aromatic rings. The van der Waals surface area contributed by atoms with Crippen LogP contribution < -0.4 is 16.8 Å². The minimum Gasteiger partial charge on any atom is -0.366 e. The van der Waals surface area contributed by atoms with Crippen molar-refractivity contribution in [3.63, 3.8) is 0 Å². The molecular weight excluding hydrogens is 288 g/mol. The fourth-order valence-corrected chi connectivity index (χ4v) is 2.70. The standard InChI is InChI=1S/C11H9ClN4O2S/c12-9-8(6-2-1-3-19-6)7(10(13)17)5(4-15-9)16-11(14)18/h1-4H,(H2,13,17)(H3,14,16,18). The summed E-state index contributed by atoms with van der Waals surface area (Å²) in [5.74, 6) is -0.726. The Morgan fingerprint density at radius 2 is 2.11 bits per heavy atom. The van der Waals surface area contributed by atoms with Crippen molar-refractivity contribution in [3.8, 4) is 10.4 Å². The number of nitrogens with two attached hydrogens (primary N) is 2. The quantitative estimate of drug-likeness (QED) is 0.754. The molecule has 0 aromatic carbocycles. The summed E-state index contributed by atoms with van der Waals surface area (Å²) in [5.41, 5.74) is 11.0. The lowest BCUT2D eigenvalue weighted by atomic mass is 10.1. The summed E-state index contributed by atoms with van der Waals surface area (Å²) in [5, 5.41) is 4.26. The first-order chi connectivity index (χ1) is 9.00. The molecule has 0 saturated carbocycles. The second kappa shape index (κ2) is 5.25. The second-order valence-electron chi connectivity index (χ2n) is 3.54. The molecule has 0 spiro atoms. The van der Waals surface area contributed by atoms with Gasteiger partial charge >= 0.3 is 6.03 Å². The maximum Gasteiger partial charge on any atom is 0.316 e. The van der Waals surface area contributed by atoms with Gasteiger partial charge in [-0.1, -0.05) is 17.7 Å². The lowest BCUT2D eigenvalue weighted by molar-refractivity contribution is 0.100. The topological polar surface area (TPSA) is 111 Å². The number of aromatic nitrogens is 1. The van der Waals surface area contributed by atoms with Crippen molar-refractivity contribution in [1.82, 2.24) is 4.98 Å². The van der Waals surface area contributed by atoms with Crippen molar-refractivity contribution in [2.75, 3.05) is 5.32 Å². The maximum absolute atomic E-state index is 11.6. The first kappa shape index (κ1) is 13.3. The Balaban J connectivity index is 2.70. The van der Waals surface area contributed by atoms with Crippen LogP contribution in [0.2, 0.25) is 5.15 Å². The molecule has 98 valence electrons. The van der Waals surface area contributed by atoms with Gasteiger partial charge in [0.25, 0.3) is 5.91 Å². The molecule has 0 aliphatic carbocycles. The molecule has 8 heteroatoms. The third kappa shape index (κ3) is 2.67. The minimum atomic E-state index is -0.816. The van der Waals surface area contributed by atoms with Crippen LogP contribution in [0.15, 0.2) is 23.7 Å². The highest BCUT2D eigenvalue weighted by molar-refractivity contribution is 7.13. The van der Waals surface area contributed by atoms with Gasteiger partial charge in [-0.3, -0.25) is 4.79 Å². The molecule has 0 saturated heterocycles. The number of nitrogens with zero attached hydrogens (tertiary/aromatic N) is 1. The molecular formula is C11H9ClN4O2S. The van der Waals surface area contributed by atoms with E-state index in [1.807, 2.05) is 5.38 Å². The van der Waals surface area contributed by atoms with Gasteiger partial charge in [0.2, 0.25) is 0 Å². The fourth-order valence-electron chi connectivity index (χ4n) is 1.62. The molecule has 0 bridgehead atoms. The SMILES string of the molecule is NC(=O)Nc1cnc(Cl)c(-c2cccs2)c1C(N)=O. The van der Waals surface area contributed by atoms with Gasteiger partial charge in [0.15, 0.2) is 0 Å². The van der Waals surface area contributed by atoms with Crippen LogP contribution in [0.5, 0.6) is 0 Å². The second-order valence-corrected chi connectivity index (χ2v) is 4.85. The van der Waals surface area contributed by atoms with Crippen molar-refractivity contribution in [3.05, 3.63) is 34.4 Å². The van der Waals surface area contributed by atoms with Crippen molar-refractivity contribution < 1.29 is 9.59 Å². The lowest BCUT2D eigenvalue weighted by Crippen LogP contribution is -2.23. The molecule has 0 aliphatic heterocycles. The molecule has 6 nitrogen and oxygen atoms in total. The smallest absolute Gasteiger partial charge is 0.316 e. The van der Waals surface area contributed by atoms with Crippen LogP contribution in [0.4, 0.5) is 10.5 Å². The number of halogens is 1. The van der Waals surface area contributed by atoms with Crippen LogP contribution in [0.25, 0.3) is 10.4 Å². The zero-order chi connectivity index (χ0) is 14.0. The monoisotopic (exact) mass is 296 g/mol. The highest BCUT2D eigenvalue weighted by Gasteiger charge is 2.21. The van der Waals surface area contributed by atoms with E-state index in [4.69, 9.17) is 23.1 Å². The normalized spacial score (nSPS) is 10.2. The molecule has 19 heavy (non-hydrogen) atoms. The number of hydrogen-bond acceptors (Lipinski definition) is 4. The highest BCUT2D eigenvalue weighted by atomic mass is 35.5. The summed E-state index contributed by atoms with van der Waals surface area (Å²) in [4.78, 5) is 27.2. The maximum atomic E-state index is 11.6. The number of carbonyl (C=O) groups excluding carboxylic acids is 2. The van der Waals surface area contributed by atoms with E-state index in [-0.39, 0.29) is 16.4 Å². The Bertz CT molecular complexity index is 642. The number of rotatable bonds is 3. The van der Waals surface area contributed by atoms with Crippen LogP contribution in [0.1, 0.15) is 10.4 Å². The van der Waals surface area contributed by atoms with E-state index >= 15 is 0 Å². The molecule has 0 fully saturated rings. The van der Waals surface area contributed by atoms with E-state index in [9.17, 15) is 9.59 Å². The summed E-state index contributed by atoms with van der Waals surface area (Å²) in [6.07, 6.45) is 1.24. The van der Waals surface area contributed by atoms with Crippen LogP contribution in [-0.4, -0.2) is 16.9 Å². The third-order valence-corrected chi connectivity index (χ3v) is 3.48. The number of hydrogen-bond donors (Lipinski definition) is 3. The number of carbonyl (C=O) groups is 2. The number of nitrogens with one attached hydrogen (secondary N) is 1. The van der Waals surface area contributed by atoms with Gasteiger partial charge in [-0.2, -0.15) is 0 Å². The van der Waals surface area contributed by atoms with E-state index in [1.54, 1.807) is 12.1 Å². The number of pyridine rings is 1. The van der Waals surface area contributed by atoms with Crippen LogP contribution in [0, 0.1) is 0 Å². The van der Waals surface area contributed by atoms with Gasteiger partial charge in [0, 0.05) is 10.4 Å². The Morgan fingerprint density at radius 3 is 2.63 bits per heavy atom. The molecule has 0 unspecified atom stereocenters. The van der Waals surface area contributed by atoms with Gasteiger partial charge < -0.3 is 16.8 Å². The van der Waals surface area contributed by atoms with E-state index in [1.165, 1.54) is 17.5 Å².